The molecule has 1 saturated carbocycles. The van der Waals surface area contributed by atoms with Crippen LogP contribution < -0.4 is 5.32 Å². The van der Waals surface area contributed by atoms with Crippen molar-refractivity contribution < 1.29 is 14.7 Å². The lowest BCUT2D eigenvalue weighted by Gasteiger charge is -2.40. The molecule has 0 saturated heterocycles. The molecule has 2 rings (SSSR count). The molecule has 2 N–H and O–H groups in total. The van der Waals surface area contributed by atoms with E-state index in [1.165, 1.54) is 18.0 Å². The van der Waals surface area contributed by atoms with Crippen LogP contribution in [-0.4, -0.2) is 39.8 Å². The first-order chi connectivity index (χ1) is 9.96. The molecule has 0 bridgehead atoms. The molecular formula is C13H16ClN3O3S. The second-order valence-corrected chi connectivity index (χ2v) is 6.34. The number of nitrogens with zero attached hydrogens (tertiary/aromatic N) is 2. The summed E-state index contributed by atoms with van der Waals surface area (Å²) in [6, 6.07) is 0. The predicted molar refractivity (Wildman–Crippen MR) is 79.7 cm³/mol. The predicted octanol–water partition coefficient (Wildman–Crippen LogP) is 2.23. The third kappa shape index (κ3) is 3.85. The summed E-state index contributed by atoms with van der Waals surface area (Å²) in [7, 11) is 0. The summed E-state index contributed by atoms with van der Waals surface area (Å²) in [6.45, 7) is 0.326. The van der Waals surface area contributed by atoms with Crippen molar-refractivity contribution in [3.63, 3.8) is 0 Å². The van der Waals surface area contributed by atoms with Crippen molar-refractivity contribution in [2.75, 3.05) is 12.8 Å². The number of carboxylic acid groups (broad SMARTS) is 1. The van der Waals surface area contributed by atoms with Gasteiger partial charge < -0.3 is 10.4 Å². The van der Waals surface area contributed by atoms with E-state index in [0.29, 0.717) is 11.7 Å². The summed E-state index contributed by atoms with van der Waals surface area (Å²) in [5, 5.41) is 12.4. The lowest BCUT2D eigenvalue weighted by atomic mass is 9.66. The fourth-order valence-electron chi connectivity index (χ4n) is 2.37. The van der Waals surface area contributed by atoms with Crippen molar-refractivity contribution >= 4 is 35.2 Å². The number of halogens is 1. The van der Waals surface area contributed by atoms with Crippen LogP contribution in [0.4, 0.5) is 0 Å². The molecule has 0 radical (unpaired) electrons. The van der Waals surface area contributed by atoms with Gasteiger partial charge in [0.1, 0.15) is 0 Å². The molecule has 0 spiro atoms. The van der Waals surface area contributed by atoms with Crippen LogP contribution >= 0.6 is 23.4 Å². The Morgan fingerprint density at radius 2 is 2.24 bits per heavy atom. The molecule has 1 heterocycles. The molecule has 0 aliphatic heterocycles. The van der Waals surface area contributed by atoms with Crippen LogP contribution in [0.3, 0.4) is 0 Å². The normalized spacial score (nSPS) is 16.1. The largest absolute Gasteiger partial charge is 0.481 e. The molecule has 1 fully saturated rings. The Morgan fingerprint density at radius 1 is 1.52 bits per heavy atom. The molecule has 0 unspecified atom stereocenters. The number of nitrogens with one attached hydrogen (secondary N) is 1. The monoisotopic (exact) mass is 329 g/mol. The number of aromatic nitrogens is 2. The molecule has 8 heteroatoms. The number of hydrogen-bond donors (Lipinski definition) is 2. The Balaban J connectivity index is 2.03. The van der Waals surface area contributed by atoms with E-state index in [2.05, 4.69) is 15.3 Å². The first-order valence-electron chi connectivity index (χ1n) is 6.52. The van der Waals surface area contributed by atoms with Gasteiger partial charge in [0, 0.05) is 6.54 Å². The topological polar surface area (TPSA) is 92.2 Å². The van der Waals surface area contributed by atoms with E-state index in [9.17, 15) is 9.59 Å². The quantitative estimate of drug-likeness (QED) is 0.614. The van der Waals surface area contributed by atoms with Crippen molar-refractivity contribution in [1.82, 2.24) is 15.3 Å². The highest BCUT2D eigenvalue weighted by atomic mass is 35.5. The van der Waals surface area contributed by atoms with Gasteiger partial charge in [-0.15, -0.1) is 0 Å². The number of carboxylic acids is 1. The molecule has 0 aromatic carbocycles. The van der Waals surface area contributed by atoms with Crippen LogP contribution in [0.25, 0.3) is 0 Å². The smallest absolute Gasteiger partial charge is 0.303 e. The highest BCUT2D eigenvalue weighted by Crippen LogP contribution is 2.43. The van der Waals surface area contributed by atoms with Gasteiger partial charge in [0.15, 0.2) is 10.9 Å². The van der Waals surface area contributed by atoms with Crippen LogP contribution in [0.2, 0.25) is 5.02 Å². The van der Waals surface area contributed by atoms with Crippen molar-refractivity contribution in [1.29, 1.82) is 0 Å². The number of aliphatic carboxylic acids is 1. The molecule has 114 valence electrons. The molecular weight excluding hydrogens is 314 g/mol. The zero-order valence-corrected chi connectivity index (χ0v) is 13.1. The maximum Gasteiger partial charge on any atom is 0.303 e. The van der Waals surface area contributed by atoms with Crippen LogP contribution in [0, 0.1) is 5.41 Å². The Bertz CT molecular complexity index is 564. The summed E-state index contributed by atoms with van der Waals surface area (Å²) in [6.07, 6.45) is 5.89. The van der Waals surface area contributed by atoms with Gasteiger partial charge in [0.05, 0.1) is 17.6 Å². The Morgan fingerprint density at radius 3 is 2.76 bits per heavy atom. The van der Waals surface area contributed by atoms with Gasteiger partial charge in [0.2, 0.25) is 0 Å². The van der Waals surface area contributed by atoms with Gasteiger partial charge in [-0.05, 0) is 24.5 Å². The summed E-state index contributed by atoms with van der Waals surface area (Å²) in [5.74, 6) is -1.23. The van der Waals surface area contributed by atoms with Crippen LogP contribution in [-0.2, 0) is 4.79 Å². The van der Waals surface area contributed by atoms with Gasteiger partial charge >= 0.3 is 5.97 Å². The van der Waals surface area contributed by atoms with E-state index >= 15 is 0 Å². The molecule has 1 amide bonds. The minimum absolute atomic E-state index is 0.0703. The number of carbonyl (C=O) groups excluding carboxylic acids is 1. The SMILES string of the molecule is CSc1ncc(Cl)c(C(=O)NCC2(CC(=O)O)CCC2)n1. The van der Waals surface area contributed by atoms with E-state index in [0.717, 1.165) is 19.3 Å². The van der Waals surface area contributed by atoms with E-state index in [1.54, 1.807) is 6.26 Å². The minimum Gasteiger partial charge on any atom is -0.481 e. The van der Waals surface area contributed by atoms with Gasteiger partial charge in [-0.25, -0.2) is 9.97 Å². The van der Waals surface area contributed by atoms with Crippen molar-refractivity contribution in [2.45, 2.75) is 30.8 Å². The average Bonchev–Trinajstić information content (AvgIpc) is 2.41. The Hall–Kier alpha value is -1.34. The molecule has 1 aromatic heterocycles. The second-order valence-electron chi connectivity index (χ2n) is 5.16. The summed E-state index contributed by atoms with van der Waals surface area (Å²) < 4.78 is 0. The zero-order valence-electron chi connectivity index (χ0n) is 11.6. The van der Waals surface area contributed by atoms with E-state index in [4.69, 9.17) is 16.7 Å². The lowest BCUT2D eigenvalue weighted by Crippen LogP contribution is -2.43. The molecule has 1 aliphatic rings. The third-order valence-corrected chi connectivity index (χ3v) is 4.52. The standard InChI is InChI=1S/C13H16ClN3O3S/c1-21-12-15-6-8(14)10(17-12)11(20)16-7-13(3-2-4-13)5-9(18)19/h6H,2-5,7H2,1H3,(H,16,20)(H,18,19). The third-order valence-electron chi connectivity index (χ3n) is 3.68. The molecule has 0 atom stereocenters. The lowest BCUT2D eigenvalue weighted by molar-refractivity contribution is -0.141. The first-order valence-corrected chi connectivity index (χ1v) is 8.12. The van der Waals surface area contributed by atoms with Gasteiger partial charge in [0.25, 0.3) is 5.91 Å². The van der Waals surface area contributed by atoms with Crippen molar-refractivity contribution in [2.24, 2.45) is 5.41 Å². The highest BCUT2D eigenvalue weighted by Gasteiger charge is 2.39. The number of hydrogen-bond acceptors (Lipinski definition) is 5. The van der Waals surface area contributed by atoms with Crippen LogP contribution in [0.1, 0.15) is 36.2 Å². The highest BCUT2D eigenvalue weighted by molar-refractivity contribution is 7.98. The molecule has 6 nitrogen and oxygen atoms in total. The Kier molecular flexibility index (Phi) is 5.05. The number of rotatable bonds is 6. The molecule has 1 aromatic rings. The van der Waals surface area contributed by atoms with Crippen molar-refractivity contribution in [3.8, 4) is 0 Å². The number of thioether (sulfide) groups is 1. The van der Waals surface area contributed by atoms with Crippen LogP contribution in [0.15, 0.2) is 11.4 Å². The van der Waals surface area contributed by atoms with E-state index in [-0.39, 0.29) is 22.6 Å². The summed E-state index contributed by atoms with van der Waals surface area (Å²) in [4.78, 5) is 31.1. The maximum absolute atomic E-state index is 12.2. The first kappa shape index (κ1) is 16.0. The van der Waals surface area contributed by atoms with Crippen molar-refractivity contribution in [3.05, 3.63) is 16.9 Å². The number of carbonyl (C=O) groups is 2. The van der Waals surface area contributed by atoms with Gasteiger partial charge in [-0.1, -0.05) is 29.8 Å². The fourth-order valence-corrected chi connectivity index (χ4v) is 2.89. The number of amides is 1. The van der Waals surface area contributed by atoms with E-state index < -0.39 is 11.9 Å². The second kappa shape index (κ2) is 6.62. The van der Waals surface area contributed by atoms with Gasteiger partial charge in [-0.3, -0.25) is 9.59 Å². The Labute approximate surface area is 131 Å². The maximum atomic E-state index is 12.2. The van der Waals surface area contributed by atoms with E-state index in [1.807, 2.05) is 0 Å². The average molecular weight is 330 g/mol. The van der Waals surface area contributed by atoms with Gasteiger partial charge in [-0.2, -0.15) is 0 Å². The fraction of sp³-hybridized carbons (Fsp3) is 0.538. The van der Waals surface area contributed by atoms with Crippen LogP contribution in [0.5, 0.6) is 0 Å². The summed E-state index contributed by atoms with van der Waals surface area (Å²) in [5.41, 5.74) is -0.204. The zero-order chi connectivity index (χ0) is 15.5. The molecule has 21 heavy (non-hydrogen) atoms. The molecule has 1 aliphatic carbocycles. The minimum atomic E-state index is -0.839. The summed E-state index contributed by atoms with van der Waals surface area (Å²) >= 11 is 7.26.